The van der Waals surface area contributed by atoms with E-state index < -0.39 is 27.2 Å². The minimum atomic E-state index is -0.933. The van der Waals surface area contributed by atoms with E-state index in [1.807, 2.05) is 31.2 Å². The fourth-order valence-electron chi connectivity index (χ4n) is 2.88. The van der Waals surface area contributed by atoms with Crippen LogP contribution in [0.1, 0.15) is 21.6 Å². The molecule has 0 aliphatic carbocycles. The van der Waals surface area contributed by atoms with Crippen molar-refractivity contribution in [3.8, 4) is 11.5 Å². The largest absolute Gasteiger partial charge is 0.465 e. The number of carbonyl (C=O) groups is 1. The quantitative estimate of drug-likeness (QED) is 0.321. The number of esters is 1. The molecule has 0 saturated carbocycles. The summed E-state index contributed by atoms with van der Waals surface area (Å²) in [6.45, 7) is 2.12. The van der Waals surface area contributed by atoms with Gasteiger partial charge in [-0.3, -0.25) is 20.2 Å². The molecular weight excluding hydrogens is 408 g/mol. The number of hydrogen-bond donors (Lipinski definition) is 1. The molecule has 2 aromatic carbocycles. The third kappa shape index (κ3) is 4.83. The fraction of sp³-hybridized carbons (Fsp3) is 0.200. The summed E-state index contributed by atoms with van der Waals surface area (Å²) in [6, 6.07) is 9.36. The zero-order chi connectivity index (χ0) is 22.5. The van der Waals surface area contributed by atoms with Crippen LogP contribution in [0.4, 0.5) is 17.1 Å². The van der Waals surface area contributed by atoms with Crippen LogP contribution in [0.3, 0.4) is 0 Å². The number of benzene rings is 2. The summed E-state index contributed by atoms with van der Waals surface area (Å²) in [5.41, 5.74) is 0.850. The van der Waals surface area contributed by atoms with E-state index in [1.54, 1.807) is 0 Å². The van der Waals surface area contributed by atoms with Crippen molar-refractivity contribution in [3.05, 3.63) is 79.7 Å². The van der Waals surface area contributed by atoms with Crippen LogP contribution in [0.5, 0.6) is 0 Å². The first-order chi connectivity index (χ1) is 14.8. The van der Waals surface area contributed by atoms with Gasteiger partial charge in [0.1, 0.15) is 12.0 Å². The van der Waals surface area contributed by atoms with Gasteiger partial charge in [-0.15, -0.1) is 0 Å². The number of nitrogens with one attached hydrogen (secondary N) is 1. The molecule has 0 spiro atoms. The van der Waals surface area contributed by atoms with Crippen LogP contribution in [0.2, 0.25) is 0 Å². The van der Waals surface area contributed by atoms with Gasteiger partial charge in [-0.2, -0.15) is 0 Å². The molecule has 0 bridgehead atoms. The van der Waals surface area contributed by atoms with Crippen LogP contribution in [0.15, 0.2) is 47.1 Å². The van der Waals surface area contributed by atoms with Crippen LogP contribution in [0.25, 0.3) is 11.5 Å². The highest BCUT2D eigenvalue weighted by Crippen LogP contribution is 2.34. The minimum Gasteiger partial charge on any atom is -0.465 e. The van der Waals surface area contributed by atoms with Gasteiger partial charge in [0.2, 0.25) is 5.89 Å². The summed E-state index contributed by atoms with van der Waals surface area (Å²) < 4.78 is 10.1. The highest BCUT2D eigenvalue weighted by Gasteiger charge is 2.28. The molecule has 0 radical (unpaired) electrons. The Bertz CT molecular complexity index is 1140. The second-order valence-electron chi connectivity index (χ2n) is 6.58. The van der Waals surface area contributed by atoms with Gasteiger partial charge in [0.15, 0.2) is 0 Å². The zero-order valence-corrected chi connectivity index (χ0v) is 16.7. The van der Waals surface area contributed by atoms with Gasteiger partial charge in [-0.05, 0) is 19.1 Å². The molecule has 3 rings (SSSR count). The monoisotopic (exact) mass is 426 g/mol. The predicted molar refractivity (Wildman–Crippen MR) is 110 cm³/mol. The minimum absolute atomic E-state index is 0.155. The zero-order valence-electron chi connectivity index (χ0n) is 16.7. The number of methoxy groups -OCH3 is 1. The fourth-order valence-corrected chi connectivity index (χ4v) is 2.88. The number of anilines is 1. The lowest BCUT2D eigenvalue weighted by molar-refractivity contribution is -0.393. The highest BCUT2D eigenvalue weighted by atomic mass is 16.6. The van der Waals surface area contributed by atoms with Crippen LogP contribution >= 0.6 is 0 Å². The summed E-state index contributed by atoms with van der Waals surface area (Å²) in [5.74, 6) is -0.496. The number of non-ortho nitro benzene ring substituents is 1. The van der Waals surface area contributed by atoms with E-state index in [0.29, 0.717) is 18.0 Å². The van der Waals surface area contributed by atoms with Crippen molar-refractivity contribution in [2.45, 2.75) is 13.3 Å². The van der Waals surface area contributed by atoms with Gasteiger partial charge in [-0.1, -0.05) is 17.7 Å². The van der Waals surface area contributed by atoms with Crippen molar-refractivity contribution >= 4 is 23.0 Å². The summed E-state index contributed by atoms with van der Waals surface area (Å²) >= 11 is 0. The summed E-state index contributed by atoms with van der Waals surface area (Å²) in [5, 5.41) is 25.3. The van der Waals surface area contributed by atoms with Crippen LogP contribution < -0.4 is 5.32 Å². The second-order valence-corrected chi connectivity index (χ2v) is 6.58. The number of aryl methyl sites for hydroxylation is 1. The molecule has 0 unspecified atom stereocenters. The molecule has 0 amide bonds. The number of nitrogens with zero attached hydrogens (tertiary/aromatic N) is 3. The van der Waals surface area contributed by atoms with Crippen molar-refractivity contribution in [2.75, 3.05) is 19.0 Å². The maximum absolute atomic E-state index is 12.1. The molecule has 3 aromatic rings. The first kappa shape index (κ1) is 21.4. The molecule has 0 saturated heterocycles. The number of ether oxygens (including phenoxy) is 1. The Morgan fingerprint density at radius 1 is 1.16 bits per heavy atom. The number of hydrogen-bond acceptors (Lipinski definition) is 9. The molecule has 11 nitrogen and oxygen atoms in total. The lowest BCUT2D eigenvalue weighted by Crippen LogP contribution is -2.13. The summed E-state index contributed by atoms with van der Waals surface area (Å²) in [6.07, 6.45) is 1.80. The molecule has 0 aliphatic heterocycles. The van der Waals surface area contributed by atoms with E-state index in [1.165, 1.54) is 6.26 Å². The SMILES string of the molecule is COC(=O)c1cc([N+](=O)[O-])cc([N+](=O)[O-])c1NCCc1coc(-c2ccc(C)cc2)n1. The number of oxazole rings is 1. The van der Waals surface area contributed by atoms with Crippen molar-refractivity contribution in [3.63, 3.8) is 0 Å². The topological polar surface area (TPSA) is 151 Å². The first-order valence-corrected chi connectivity index (χ1v) is 9.10. The van der Waals surface area contributed by atoms with Gasteiger partial charge >= 0.3 is 5.97 Å². The van der Waals surface area contributed by atoms with Gasteiger partial charge in [0, 0.05) is 24.6 Å². The van der Waals surface area contributed by atoms with E-state index >= 15 is 0 Å². The Hall–Kier alpha value is -4.28. The normalized spacial score (nSPS) is 10.5. The van der Waals surface area contributed by atoms with Gasteiger partial charge in [0.25, 0.3) is 11.4 Å². The van der Waals surface area contributed by atoms with Crippen molar-refractivity contribution in [1.82, 2.24) is 4.98 Å². The maximum Gasteiger partial charge on any atom is 0.340 e. The standard InChI is InChI=1S/C20H18N4O7/c1-12-3-5-13(6-4-12)19-22-14(11-31-19)7-8-21-18-16(20(25)30-2)9-15(23(26)27)10-17(18)24(28)29/h3-6,9-11,21H,7-8H2,1-2H3. The van der Waals surface area contributed by atoms with Gasteiger partial charge in [-0.25, -0.2) is 9.78 Å². The van der Waals surface area contributed by atoms with Crippen LogP contribution in [-0.4, -0.2) is 34.5 Å². The molecule has 0 aliphatic rings. The van der Waals surface area contributed by atoms with Crippen molar-refractivity contribution < 1.29 is 23.8 Å². The Morgan fingerprint density at radius 2 is 1.87 bits per heavy atom. The average Bonchev–Trinajstić information content (AvgIpc) is 3.22. The van der Waals surface area contributed by atoms with E-state index in [0.717, 1.165) is 30.4 Å². The number of carbonyl (C=O) groups excluding carboxylic acids is 1. The smallest absolute Gasteiger partial charge is 0.340 e. The third-order valence-corrected chi connectivity index (χ3v) is 4.45. The van der Waals surface area contributed by atoms with E-state index in [-0.39, 0.29) is 17.8 Å². The number of nitro benzene ring substituents is 2. The summed E-state index contributed by atoms with van der Waals surface area (Å²) in [4.78, 5) is 37.4. The predicted octanol–water partition coefficient (Wildman–Crippen LogP) is 3.91. The Balaban J connectivity index is 1.81. The molecule has 1 heterocycles. The van der Waals surface area contributed by atoms with Crippen molar-refractivity contribution in [2.24, 2.45) is 0 Å². The van der Waals surface area contributed by atoms with Crippen molar-refractivity contribution in [1.29, 1.82) is 0 Å². The molecule has 0 atom stereocenters. The lowest BCUT2D eigenvalue weighted by atomic mass is 10.1. The van der Waals surface area contributed by atoms with Gasteiger partial charge < -0.3 is 14.5 Å². The Kier molecular flexibility index (Phi) is 6.24. The number of nitro groups is 2. The van der Waals surface area contributed by atoms with Gasteiger partial charge in [0.05, 0.1) is 34.3 Å². The van der Waals surface area contributed by atoms with E-state index in [9.17, 15) is 25.0 Å². The first-order valence-electron chi connectivity index (χ1n) is 9.10. The second kappa shape index (κ2) is 9.03. The molecule has 1 N–H and O–H groups in total. The van der Waals surface area contributed by atoms with E-state index in [2.05, 4.69) is 15.0 Å². The molecule has 11 heteroatoms. The van der Waals surface area contributed by atoms with E-state index in [4.69, 9.17) is 4.42 Å². The Morgan fingerprint density at radius 3 is 2.48 bits per heavy atom. The highest BCUT2D eigenvalue weighted by molar-refractivity contribution is 5.99. The average molecular weight is 426 g/mol. The molecule has 1 aromatic heterocycles. The molecule has 160 valence electrons. The van der Waals surface area contributed by atoms with Crippen LogP contribution in [0, 0.1) is 27.2 Å². The lowest BCUT2D eigenvalue weighted by Gasteiger charge is -2.10. The molecule has 31 heavy (non-hydrogen) atoms. The number of rotatable bonds is 8. The Labute approximate surface area is 176 Å². The maximum atomic E-state index is 12.1. The summed E-state index contributed by atoms with van der Waals surface area (Å²) in [7, 11) is 1.08. The van der Waals surface area contributed by atoms with Crippen LogP contribution in [-0.2, 0) is 11.2 Å². The third-order valence-electron chi connectivity index (χ3n) is 4.45. The molecule has 0 fully saturated rings. The number of aromatic nitrogens is 1. The molecular formula is C20H18N4O7.